The van der Waals surface area contributed by atoms with Gasteiger partial charge in [-0.15, -0.1) is 0 Å². The van der Waals surface area contributed by atoms with Gasteiger partial charge in [-0.1, -0.05) is 0 Å². The van der Waals surface area contributed by atoms with Crippen LogP contribution in [0.25, 0.3) is 0 Å². The molecule has 0 aliphatic rings. The van der Waals surface area contributed by atoms with E-state index in [-0.39, 0.29) is 17.5 Å². The molecule has 0 aliphatic carbocycles. The van der Waals surface area contributed by atoms with Crippen molar-refractivity contribution in [1.82, 2.24) is 9.97 Å². The standard InChI is InChI=1S/C10H17N5O3/c1-9(2,10(3,4)16)14-7-6(15(17)18)5-12-8(11)13-7/h5,16H,1-4H3,(H3,11,12,13,14). The van der Waals surface area contributed by atoms with Gasteiger partial charge >= 0.3 is 5.69 Å². The molecule has 0 saturated heterocycles. The van der Waals surface area contributed by atoms with Crippen LogP contribution < -0.4 is 11.1 Å². The summed E-state index contributed by atoms with van der Waals surface area (Å²) < 4.78 is 0. The first-order valence-electron chi connectivity index (χ1n) is 5.32. The Morgan fingerprint density at radius 1 is 1.44 bits per heavy atom. The van der Waals surface area contributed by atoms with Crippen LogP contribution in [0.15, 0.2) is 6.20 Å². The van der Waals surface area contributed by atoms with Gasteiger partial charge in [0, 0.05) is 0 Å². The Kier molecular flexibility index (Phi) is 3.43. The molecule has 0 spiro atoms. The van der Waals surface area contributed by atoms with Crippen LogP contribution >= 0.6 is 0 Å². The van der Waals surface area contributed by atoms with Crippen LogP contribution in [0.5, 0.6) is 0 Å². The lowest BCUT2D eigenvalue weighted by Gasteiger charge is -2.38. The summed E-state index contributed by atoms with van der Waals surface area (Å²) in [7, 11) is 0. The van der Waals surface area contributed by atoms with Crippen LogP contribution in [-0.4, -0.2) is 31.1 Å². The van der Waals surface area contributed by atoms with Crippen molar-refractivity contribution in [1.29, 1.82) is 0 Å². The van der Waals surface area contributed by atoms with Crippen LogP contribution in [0.1, 0.15) is 27.7 Å². The van der Waals surface area contributed by atoms with E-state index in [9.17, 15) is 15.2 Å². The van der Waals surface area contributed by atoms with Gasteiger partial charge in [0.05, 0.1) is 16.1 Å². The zero-order valence-electron chi connectivity index (χ0n) is 10.8. The summed E-state index contributed by atoms with van der Waals surface area (Å²) in [5, 5.41) is 23.7. The molecule has 0 aromatic carbocycles. The monoisotopic (exact) mass is 255 g/mol. The van der Waals surface area contributed by atoms with Crippen molar-refractivity contribution < 1.29 is 10.0 Å². The Bertz CT molecular complexity index is 467. The molecular weight excluding hydrogens is 238 g/mol. The van der Waals surface area contributed by atoms with Crippen LogP contribution in [-0.2, 0) is 0 Å². The number of nitro groups is 1. The Labute approximate surface area is 104 Å². The quantitative estimate of drug-likeness (QED) is 0.539. The van der Waals surface area contributed by atoms with Crippen molar-refractivity contribution in [2.75, 3.05) is 11.1 Å². The summed E-state index contributed by atoms with van der Waals surface area (Å²) in [6, 6.07) is 0. The largest absolute Gasteiger partial charge is 0.388 e. The lowest BCUT2D eigenvalue weighted by atomic mass is 9.86. The third-order valence-electron chi connectivity index (χ3n) is 2.95. The fourth-order valence-corrected chi connectivity index (χ4v) is 1.06. The first-order valence-corrected chi connectivity index (χ1v) is 5.32. The number of aromatic nitrogens is 2. The first kappa shape index (κ1) is 14.1. The maximum absolute atomic E-state index is 10.9. The molecule has 0 fully saturated rings. The Balaban J connectivity index is 3.18. The third-order valence-corrected chi connectivity index (χ3v) is 2.95. The minimum absolute atomic E-state index is 0.0142. The van der Waals surface area contributed by atoms with E-state index in [1.165, 1.54) is 0 Å². The lowest BCUT2D eigenvalue weighted by molar-refractivity contribution is -0.384. The van der Waals surface area contributed by atoms with Crippen molar-refractivity contribution in [3.05, 3.63) is 16.3 Å². The molecule has 0 bridgehead atoms. The van der Waals surface area contributed by atoms with Gasteiger partial charge in [0.2, 0.25) is 11.8 Å². The summed E-state index contributed by atoms with van der Waals surface area (Å²) >= 11 is 0. The number of hydrogen-bond donors (Lipinski definition) is 3. The minimum atomic E-state index is -1.11. The summed E-state index contributed by atoms with van der Waals surface area (Å²) in [6.45, 7) is 6.59. The molecule has 0 atom stereocenters. The molecule has 0 amide bonds. The summed E-state index contributed by atoms with van der Waals surface area (Å²) in [5.41, 5.74) is 3.17. The number of aliphatic hydroxyl groups is 1. The van der Waals surface area contributed by atoms with Gasteiger partial charge in [0.15, 0.2) is 0 Å². The van der Waals surface area contributed by atoms with Crippen molar-refractivity contribution >= 4 is 17.5 Å². The van der Waals surface area contributed by atoms with E-state index in [4.69, 9.17) is 5.73 Å². The van der Waals surface area contributed by atoms with Crippen LogP contribution in [0.2, 0.25) is 0 Å². The summed E-state index contributed by atoms with van der Waals surface area (Å²) in [6.07, 6.45) is 1.03. The second-order valence-electron chi connectivity index (χ2n) is 5.03. The minimum Gasteiger partial charge on any atom is -0.388 e. The number of nitrogens with two attached hydrogens (primary N) is 1. The van der Waals surface area contributed by atoms with Gasteiger partial charge in [-0.3, -0.25) is 10.1 Å². The normalized spacial score (nSPS) is 12.3. The molecule has 0 aliphatic heterocycles. The van der Waals surface area contributed by atoms with Gasteiger partial charge in [0.25, 0.3) is 0 Å². The summed E-state index contributed by atoms with van der Waals surface area (Å²) in [5.74, 6) is -0.0886. The molecule has 18 heavy (non-hydrogen) atoms. The van der Waals surface area contributed by atoms with E-state index < -0.39 is 16.1 Å². The summed E-state index contributed by atoms with van der Waals surface area (Å²) in [4.78, 5) is 17.6. The van der Waals surface area contributed by atoms with Crippen molar-refractivity contribution in [3.8, 4) is 0 Å². The average Bonchev–Trinajstić information content (AvgIpc) is 2.14. The van der Waals surface area contributed by atoms with Crippen molar-refractivity contribution in [3.63, 3.8) is 0 Å². The van der Waals surface area contributed by atoms with Crippen LogP contribution in [0.3, 0.4) is 0 Å². The van der Waals surface area contributed by atoms with E-state index >= 15 is 0 Å². The van der Waals surface area contributed by atoms with E-state index in [2.05, 4.69) is 15.3 Å². The molecule has 1 aromatic rings. The molecule has 0 radical (unpaired) electrons. The van der Waals surface area contributed by atoms with E-state index in [1.807, 2.05) is 0 Å². The predicted octanol–water partition coefficient (Wildman–Crippen LogP) is 0.928. The van der Waals surface area contributed by atoms with Crippen LogP contribution in [0.4, 0.5) is 17.5 Å². The number of nitrogens with zero attached hydrogens (tertiary/aromatic N) is 3. The second-order valence-corrected chi connectivity index (χ2v) is 5.03. The Hall–Kier alpha value is -1.96. The number of nitrogen functional groups attached to an aromatic ring is 1. The lowest BCUT2D eigenvalue weighted by Crippen LogP contribution is -2.51. The van der Waals surface area contributed by atoms with Gasteiger partial charge in [-0.05, 0) is 27.7 Å². The highest BCUT2D eigenvalue weighted by molar-refractivity contribution is 5.57. The van der Waals surface area contributed by atoms with Crippen molar-refractivity contribution in [2.24, 2.45) is 0 Å². The maximum Gasteiger partial charge on any atom is 0.329 e. The smallest absolute Gasteiger partial charge is 0.329 e. The second kappa shape index (κ2) is 4.37. The van der Waals surface area contributed by atoms with E-state index in [1.54, 1.807) is 27.7 Å². The SMILES string of the molecule is CC(C)(O)C(C)(C)Nc1nc(N)ncc1[N+](=O)[O-]. The molecule has 100 valence electrons. The molecule has 4 N–H and O–H groups in total. The fraction of sp³-hybridized carbons (Fsp3) is 0.600. The molecule has 0 unspecified atom stereocenters. The molecule has 8 heteroatoms. The third kappa shape index (κ3) is 2.83. The predicted molar refractivity (Wildman–Crippen MR) is 67.1 cm³/mol. The van der Waals surface area contributed by atoms with Crippen LogP contribution in [0, 0.1) is 10.1 Å². The molecule has 8 nitrogen and oxygen atoms in total. The number of anilines is 2. The maximum atomic E-state index is 10.9. The molecule has 1 rings (SSSR count). The molecular formula is C10H17N5O3. The fourth-order valence-electron chi connectivity index (χ4n) is 1.06. The highest BCUT2D eigenvalue weighted by atomic mass is 16.6. The Morgan fingerprint density at radius 3 is 2.44 bits per heavy atom. The zero-order valence-corrected chi connectivity index (χ0v) is 10.8. The van der Waals surface area contributed by atoms with Gasteiger partial charge in [0.1, 0.15) is 6.20 Å². The Morgan fingerprint density at radius 2 is 2.00 bits per heavy atom. The van der Waals surface area contributed by atoms with Gasteiger partial charge in [-0.25, -0.2) is 4.98 Å². The van der Waals surface area contributed by atoms with Crippen molar-refractivity contribution in [2.45, 2.75) is 38.8 Å². The number of nitrogens with one attached hydrogen (secondary N) is 1. The highest BCUT2D eigenvalue weighted by Gasteiger charge is 2.37. The van der Waals surface area contributed by atoms with E-state index in [0.717, 1.165) is 6.20 Å². The molecule has 1 heterocycles. The highest BCUT2D eigenvalue weighted by Crippen LogP contribution is 2.29. The number of rotatable bonds is 4. The van der Waals surface area contributed by atoms with Gasteiger partial charge in [-0.2, -0.15) is 4.98 Å². The molecule has 0 saturated carbocycles. The topological polar surface area (TPSA) is 127 Å². The zero-order chi connectivity index (χ0) is 14.1. The average molecular weight is 255 g/mol. The van der Waals surface area contributed by atoms with E-state index in [0.29, 0.717) is 0 Å². The first-order chi connectivity index (χ1) is 8.04. The van der Waals surface area contributed by atoms with Gasteiger partial charge < -0.3 is 16.2 Å². The number of hydrogen-bond acceptors (Lipinski definition) is 7. The molecule has 1 aromatic heterocycles.